The number of benzene rings is 1. The molecule has 0 bridgehead atoms. The third-order valence-corrected chi connectivity index (χ3v) is 3.97. The summed E-state index contributed by atoms with van der Waals surface area (Å²) in [4.78, 5) is 27.1. The number of amides is 1. The lowest BCUT2D eigenvalue weighted by molar-refractivity contribution is -0.137. The minimum absolute atomic E-state index is 0.284. The van der Waals surface area contributed by atoms with Gasteiger partial charge in [-0.05, 0) is 18.6 Å². The van der Waals surface area contributed by atoms with Gasteiger partial charge < -0.3 is 5.11 Å². The zero-order chi connectivity index (χ0) is 15.7. The second-order valence-electron chi connectivity index (χ2n) is 4.72. The van der Waals surface area contributed by atoms with Crippen molar-refractivity contribution in [1.82, 2.24) is 14.8 Å². The van der Waals surface area contributed by atoms with E-state index < -0.39 is 5.97 Å². The monoisotopic (exact) mass is 316 g/mol. The highest BCUT2D eigenvalue weighted by Crippen LogP contribution is 2.28. The number of aromatic nitrogens is 3. The third kappa shape index (κ3) is 2.82. The van der Waals surface area contributed by atoms with Crippen molar-refractivity contribution in [3.63, 3.8) is 0 Å². The van der Waals surface area contributed by atoms with Crippen LogP contribution in [0.4, 0.5) is 5.13 Å². The van der Waals surface area contributed by atoms with Gasteiger partial charge in [0.1, 0.15) is 6.54 Å². The van der Waals surface area contributed by atoms with Crippen LogP contribution < -0.4 is 5.32 Å². The predicted molar refractivity (Wildman–Crippen MR) is 82.2 cm³/mol. The van der Waals surface area contributed by atoms with Crippen LogP contribution in [0.5, 0.6) is 0 Å². The van der Waals surface area contributed by atoms with E-state index in [0.29, 0.717) is 5.13 Å². The van der Waals surface area contributed by atoms with E-state index in [9.17, 15) is 9.59 Å². The lowest BCUT2D eigenvalue weighted by Crippen LogP contribution is -2.12. The number of fused-ring (bicyclic) bond motifs is 1. The molecular formula is C14H12N4O3S. The summed E-state index contributed by atoms with van der Waals surface area (Å²) in [5.41, 5.74) is 2.20. The van der Waals surface area contributed by atoms with Crippen LogP contribution in [-0.2, 0) is 11.3 Å². The van der Waals surface area contributed by atoms with E-state index in [2.05, 4.69) is 15.4 Å². The Morgan fingerprint density at radius 1 is 1.41 bits per heavy atom. The van der Waals surface area contributed by atoms with Crippen molar-refractivity contribution < 1.29 is 14.7 Å². The van der Waals surface area contributed by atoms with Gasteiger partial charge in [0.15, 0.2) is 5.13 Å². The summed E-state index contributed by atoms with van der Waals surface area (Å²) in [5.74, 6) is -1.38. The second-order valence-corrected chi connectivity index (χ2v) is 5.75. The molecule has 0 aliphatic heterocycles. The Labute approximate surface area is 129 Å². The molecule has 22 heavy (non-hydrogen) atoms. The number of aliphatic carboxylic acids is 1. The molecule has 0 fully saturated rings. The minimum atomic E-state index is -1.02. The van der Waals surface area contributed by atoms with Gasteiger partial charge in [-0.2, -0.15) is 5.10 Å². The molecule has 0 atom stereocenters. The quantitative estimate of drug-likeness (QED) is 0.768. The molecule has 0 aliphatic rings. The van der Waals surface area contributed by atoms with E-state index in [-0.39, 0.29) is 18.0 Å². The van der Waals surface area contributed by atoms with Crippen molar-refractivity contribution in [2.24, 2.45) is 0 Å². The van der Waals surface area contributed by atoms with Crippen molar-refractivity contribution >= 4 is 38.6 Å². The number of carboxylic acids is 1. The Bertz CT molecular complexity index is 868. The summed E-state index contributed by atoms with van der Waals surface area (Å²) < 4.78 is 2.19. The van der Waals surface area contributed by atoms with Crippen molar-refractivity contribution in [3.8, 4) is 0 Å². The Balaban J connectivity index is 1.79. The number of rotatable bonds is 4. The van der Waals surface area contributed by atoms with Crippen LogP contribution in [0.3, 0.4) is 0 Å². The molecular weight excluding hydrogens is 304 g/mol. The van der Waals surface area contributed by atoms with Gasteiger partial charge in [0, 0.05) is 6.20 Å². The molecule has 1 aromatic carbocycles. The highest BCUT2D eigenvalue weighted by Gasteiger charge is 2.13. The number of carbonyl (C=O) groups is 2. The van der Waals surface area contributed by atoms with Crippen LogP contribution >= 0.6 is 11.3 Å². The summed E-state index contributed by atoms with van der Waals surface area (Å²) in [6.45, 7) is 1.68. The summed E-state index contributed by atoms with van der Waals surface area (Å²) in [7, 11) is 0. The molecule has 1 amide bonds. The van der Waals surface area contributed by atoms with Gasteiger partial charge in [-0.15, -0.1) is 0 Å². The number of hydrogen-bond acceptors (Lipinski definition) is 5. The highest BCUT2D eigenvalue weighted by atomic mass is 32.1. The highest BCUT2D eigenvalue weighted by molar-refractivity contribution is 7.22. The number of anilines is 1. The molecule has 3 rings (SSSR count). The maximum Gasteiger partial charge on any atom is 0.325 e. The number of nitrogens with one attached hydrogen (secondary N) is 1. The van der Waals surface area contributed by atoms with E-state index in [1.807, 2.05) is 25.1 Å². The first-order chi connectivity index (χ1) is 10.5. The number of thiazole rings is 1. The fourth-order valence-corrected chi connectivity index (χ4v) is 2.95. The average molecular weight is 316 g/mol. The number of hydrogen-bond donors (Lipinski definition) is 2. The van der Waals surface area contributed by atoms with E-state index in [0.717, 1.165) is 15.8 Å². The molecule has 0 unspecified atom stereocenters. The van der Waals surface area contributed by atoms with Gasteiger partial charge in [-0.1, -0.05) is 23.5 Å². The number of nitrogens with zero attached hydrogens (tertiary/aromatic N) is 3. The van der Waals surface area contributed by atoms with Crippen LogP contribution in [0.1, 0.15) is 15.9 Å². The van der Waals surface area contributed by atoms with Crippen LogP contribution in [0.15, 0.2) is 30.6 Å². The fourth-order valence-electron chi connectivity index (χ4n) is 2.01. The van der Waals surface area contributed by atoms with Crippen molar-refractivity contribution in [2.75, 3.05) is 5.32 Å². The molecule has 2 aromatic heterocycles. The van der Waals surface area contributed by atoms with Crippen molar-refractivity contribution in [2.45, 2.75) is 13.5 Å². The fraction of sp³-hybridized carbons (Fsp3) is 0.143. The van der Waals surface area contributed by atoms with E-state index in [4.69, 9.17) is 5.11 Å². The van der Waals surface area contributed by atoms with E-state index >= 15 is 0 Å². The molecule has 7 nitrogen and oxygen atoms in total. The smallest absolute Gasteiger partial charge is 0.325 e. The molecule has 0 aliphatic carbocycles. The molecule has 8 heteroatoms. The summed E-state index contributed by atoms with van der Waals surface area (Å²) in [6.07, 6.45) is 2.72. The molecule has 3 aromatic rings. The number of carbonyl (C=O) groups excluding carboxylic acids is 1. The second kappa shape index (κ2) is 5.57. The third-order valence-electron chi connectivity index (χ3n) is 3.03. The Hall–Kier alpha value is -2.74. The van der Waals surface area contributed by atoms with Crippen molar-refractivity contribution in [3.05, 3.63) is 41.7 Å². The molecule has 0 saturated heterocycles. The van der Waals surface area contributed by atoms with E-state index in [1.165, 1.54) is 28.4 Å². The van der Waals surface area contributed by atoms with Crippen molar-refractivity contribution in [1.29, 1.82) is 0 Å². The van der Waals surface area contributed by atoms with Crippen LogP contribution in [0.2, 0.25) is 0 Å². The van der Waals surface area contributed by atoms with Gasteiger partial charge in [-0.25, -0.2) is 4.98 Å². The minimum Gasteiger partial charge on any atom is -0.480 e. The van der Waals surface area contributed by atoms with Crippen LogP contribution in [0.25, 0.3) is 10.2 Å². The SMILES string of the molecule is Cc1cccc2sc(NC(=O)c3cnn(CC(=O)O)c3)nc12. The first-order valence-corrected chi connectivity index (χ1v) is 7.26. The normalized spacial score (nSPS) is 10.8. The number of aryl methyl sites for hydroxylation is 1. The number of carboxylic acid groups (broad SMARTS) is 1. The zero-order valence-electron chi connectivity index (χ0n) is 11.6. The van der Waals surface area contributed by atoms with Gasteiger partial charge >= 0.3 is 5.97 Å². The largest absolute Gasteiger partial charge is 0.480 e. The van der Waals surface area contributed by atoms with E-state index in [1.54, 1.807) is 0 Å². The standard InChI is InChI=1S/C14H12N4O3S/c1-8-3-2-4-10-12(8)16-14(22-10)17-13(21)9-5-15-18(6-9)7-11(19)20/h2-6H,7H2,1H3,(H,19,20)(H,16,17,21). The maximum absolute atomic E-state index is 12.1. The molecule has 0 saturated carbocycles. The maximum atomic E-state index is 12.1. The Morgan fingerprint density at radius 3 is 2.95 bits per heavy atom. The first kappa shape index (κ1) is 14.2. The van der Waals surface area contributed by atoms with Gasteiger partial charge in [0.05, 0.1) is 22.0 Å². The molecule has 2 N–H and O–H groups in total. The number of para-hydroxylation sites is 1. The van der Waals surface area contributed by atoms with Crippen LogP contribution in [0, 0.1) is 6.92 Å². The van der Waals surface area contributed by atoms with Crippen LogP contribution in [-0.4, -0.2) is 31.7 Å². The summed E-state index contributed by atoms with van der Waals surface area (Å²) in [5, 5.41) is 15.7. The topological polar surface area (TPSA) is 97.1 Å². The average Bonchev–Trinajstić information content (AvgIpc) is 3.05. The lowest BCUT2D eigenvalue weighted by Gasteiger charge is -1.97. The Kier molecular flexibility index (Phi) is 3.60. The predicted octanol–water partition coefficient (Wildman–Crippen LogP) is 2.14. The first-order valence-electron chi connectivity index (χ1n) is 6.44. The summed E-state index contributed by atoms with van der Waals surface area (Å²) in [6, 6.07) is 5.85. The molecule has 0 spiro atoms. The Morgan fingerprint density at radius 2 is 2.23 bits per heavy atom. The lowest BCUT2D eigenvalue weighted by atomic mass is 10.2. The zero-order valence-corrected chi connectivity index (χ0v) is 12.4. The van der Waals surface area contributed by atoms with Gasteiger partial charge in [-0.3, -0.25) is 19.6 Å². The molecule has 112 valence electrons. The molecule has 2 heterocycles. The van der Waals surface area contributed by atoms with Gasteiger partial charge in [0.2, 0.25) is 0 Å². The molecule has 0 radical (unpaired) electrons. The summed E-state index contributed by atoms with van der Waals surface area (Å²) >= 11 is 1.39. The van der Waals surface area contributed by atoms with Gasteiger partial charge in [0.25, 0.3) is 5.91 Å².